The highest BCUT2D eigenvalue weighted by Crippen LogP contribution is 2.29. The van der Waals surface area contributed by atoms with E-state index in [1.807, 2.05) is 6.07 Å². The third-order valence-electron chi connectivity index (χ3n) is 2.54. The Morgan fingerprint density at radius 2 is 2.20 bits per heavy atom. The third-order valence-corrected chi connectivity index (χ3v) is 3.89. The van der Waals surface area contributed by atoms with Gasteiger partial charge in [-0.2, -0.15) is 5.26 Å². The quantitative estimate of drug-likeness (QED) is 0.714. The second-order valence-corrected chi connectivity index (χ2v) is 5.08. The van der Waals surface area contributed by atoms with Crippen LogP contribution in [0.4, 0.5) is 0 Å². The Morgan fingerprint density at radius 3 is 2.73 bits per heavy atom. The molecular weight excluding hydrogens is 202 g/mol. The summed E-state index contributed by atoms with van der Waals surface area (Å²) in [6.07, 6.45) is 1.05. The summed E-state index contributed by atoms with van der Waals surface area (Å²) in [5, 5.41) is 9.15. The summed E-state index contributed by atoms with van der Waals surface area (Å²) in [5.74, 6) is 0.445. The van der Waals surface area contributed by atoms with E-state index in [2.05, 4.69) is 45.0 Å². The average molecular weight is 219 g/mol. The average Bonchev–Trinajstić information content (AvgIpc) is 2.25. The summed E-state index contributed by atoms with van der Waals surface area (Å²) in [5.41, 5.74) is 1.25. The van der Waals surface area contributed by atoms with Crippen LogP contribution in [0.5, 0.6) is 0 Å². The molecule has 1 aromatic carbocycles. The molecule has 80 valence electrons. The van der Waals surface area contributed by atoms with Crippen LogP contribution in [0.3, 0.4) is 0 Å². The summed E-state index contributed by atoms with van der Waals surface area (Å²) >= 11 is 1.67. The van der Waals surface area contributed by atoms with Gasteiger partial charge in [0, 0.05) is 4.90 Å². The van der Waals surface area contributed by atoms with Crippen LogP contribution in [0, 0.1) is 24.2 Å². The number of nitriles is 1. The number of hydrogen-bond acceptors (Lipinski definition) is 2. The van der Waals surface area contributed by atoms with Crippen LogP contribution < -0.4 is 0 Å². The lowest BCUT2D eigenvalue weighted by Gasteiger charge is -2.15. The maximum atomic E-state index is 9.09. The summed E-state index contributed by atoms with van der Waals surface area (Å²) < 4.78 is 0. The molecule has 0 aliphatic carbocycles. The van der Waals surface area contributed by atoms with E-state index in [-0.39, 0.29) is 5.25 Å². The van der Waals surface area contributed by atoms with Crippen LogP contribution in [-0.2, 0) is 0 Å². The molecule has 1 nitrogen and oxygen atoms in total. The molecule has 0 bridgehead atoms. The van der Waals surface area contributed by atoms with Gasteiger partial charge in [-0.3, -0.25) is 0 Å². The monoisotopic (exact) mass is 219 g/mol. The Morgan fingerprint density at radius 1 is 1.47 bits per heavy atom. The summed E-state index contributed by atoms with van der Waals surface area (Å²) in [6.45, 7) is 6.34. The van der Waals surface area contributed by atoms with Gasteiger partial charge in [0.15, 0.2) is 0 Å². The number of hydrogen-bond donors (Lipinski definition) is 0. The van der Waals surface area contributed by atoms with E-state index >= 15 is 0 Å². The van der Waals surface area contributed by atoms with Crippen molar-refractivity contribution in [2.75, 3.05) is 0 Å². The molecule has 2 heteroatoms. The van der Waals surface area contributed by atoms with Crippen LogP contribution in [0.25, 0.3) is 0 Å². The van der Waals surface area contributed by atoms with Crippen molar-refractivity contribution >= 4 is 11.8 Å². The van der Waals surface area contributed by atoms with Crippen molar-refractivity contribution in [1.82, 2.24) is 0 Å². The van der Waals surface area contributed by atoms with Gasteiger partial charge < -0.3 is 0 Å². The van der Waals surface area contributed by atoms with Crippen LogP contribution in [0.15, 0.2) is 29.2 Å². The molecule has 0 N–H and O–H groups in total. The minimum Gasteiger partial charge on any atom is -0.197 e. The van der Waals surface area contributed by atoms with Gasteiger partial charge in [-0.1, -0.05) is 38.0 Å². The molecule has 0 fully saturated rings. The van der Waals surface area contributed by atoms with Gasteiger partial charge in [0.2, 0.25) is 0 Å². The zero-order chi connectivity index (χ0) is 11.3. The maximum Gasteiger partial charge on any atom is 0.0988 e. The van der Waals surface area contributed by atoms with Crippen molar-refractivity contribution in [2.45, 2.75) is 37.3 Å². The van der Waals surface area contributed by atoms with Crippen molar-refractivity contribution < 1.29 is 0 Å². The predicted octanol–water partition coefficient (Wildman–Crippen LogP) is 4.03. The van der Waals surface area contributed by atoms with Crippen LogP contribution in [-0.4, -0.2) is 5.25 Å². The Labute approximate surface area is 96.5 Å². The first-order valence-corrected chi connectivity index (χ1v) is 6.18. The van der Waals surface area contributed by atoms with Gasteiger partial charge in [0.05, 0.1) is 11.3 Å². The summed E-state index contributed by atoms with van der Waals surface area (Å²) in [6, 6.07) is 10.7. The molecular formula is C13H17NS. The molecule has 0 amide bonds. The molecule has 2 atom stereocenters. The molecule has 0 aliphatic heterocycles. The van der Waals surface area contributed by atoms with Gasteiger partial charge in [-0.05, 0) is 25.0 Å². The van der Waals surface area contributed by atoms with E-state index in [4.69, 9.17) is 5.26 Å². The topological polar surface area (TPSA) is 23.8 Å². The minimum absolute atomic E-state index is 0.0665. The zero-order valence-electron chi connectivity index (χ0n) is 9.53. The number of nitrogens with zero attached hydrogens (tertiary/aromatic N) is 1. The van der Waals surface area contributed by atoms with Crippen molar-refractivity contribution in [2.24, 2.45) is 5.92 Å². The Hall–Kier alpha value is -0.940. The van der Waals surface area contributed by atoms with Gasteiger partial charge in [-0.15, -0.1) is 11.8 Å². The van der Waals surface area contributed by atoms with E-state index in [1.165, 1.54) is 10.5 Å². The number of benzene rings is 1. The molecule has 0 saturated heterocycles. The molecule has 0 radical (unpaired) electrons. The molecule has 0 aliphatic rings. The highest BCUT2D eigenvalue weighted by molar-refractivity contribution is 8.00. The largest absolute Gasteiger partial charge is 0.197 e. The molecule has 1 aromatic rings. The summed E-state index contributed by atoms with van der Waals surface area (Å²) in [4.78, 5) is 1.20. The lowest BCUT2D eigenvalue weighted by Crippen LogP contribution is -2.10. The highest BCUT2D eigenvalue weighted by atomic mass is 32.2. The zero-order valence-corrected chi connectivity index (χ0v) is 10.3. The van der Waals surface area contributed by atoms with Gasteiger partial charge in [-0.25, -0.2) is 0 Å². The van der Waals surface area contributed by atoms with E-state index in [0.29, 0.717) is 5.92 Å². The number of thioether (sulfide) groups is 1. The van der Waals surface area contributed by atoms with Gasteiger partial charge in [0.25, 0.3) is 0 Å². The molecule has 2 unspecified atom stereocenters. The second-order valence-electron chi connectivity index (χ2n) is 3.87. The van der Waals surface area contributed by atoms with E-state index < -0.39 is 0 Å². The normalized spacial score (nSPS) is 14.3. The molecule has 0 saturated carbocycles. The number of rotatable bonds is 4. The van der Waals surface area contributed by atoms with Crippen LogP contribution >= 0.6 is 11.8 Å². The lowest BCUT2D eigenvalue weighted by atomic mass is 10.1. The fourth-order valence-electron chi connectivity index (χ4n) is 1.32. The highest BCUT2D eigenvalue weighted by Gasteiger charge is 2.16. The van der Waals surface area contributed by atoms with E-state index in [1.54, 1.807) is 11.8 Å². The first-order valence-electron chi connectivity index (χ1n) is 5.30. The molecule has 0 spiro atoms. The molecule has 0 heterocycles. The predicted molar refractivity (Wildman–Crippen MR) is 65.9 cm³/mol. The van der Waals surface area contributed by atoms with E-state index in [9.17, 15) is 0 Å². The first-order chi connectivity index (χ1) is 7.17. The minimum atomic E-state index is 0.0665. The van der Waals surface area contributed by atoms with Crippen molar-refractivity contribution in [3.63, 3.8) is 0 Å². The fraction of sp³-hybridized carbons (Fsp3) is 0.462. The van der Waals surface area contributed by atoms with Crippen molar-refractivity contribution in [3.05, 3.63) is 29.8 Å². The molecule has 15 heavy (non-hydrogen) atoms. The first kappa shape index (κ1) is 12.1. The van der Waals surface area contributed by atoms with Crippen LogP contribution in [0.1, 0.15) is 25.8 Å². The van der Waals surface area contributed by atoms with Crippen molar-refractivity contribution in [3.8, 4) is 6.07 Å². The smallest absolute Gasteiger partial charge is 0.0988 e. The Kier molecular flexibility index (Phi) is 4.71. The Bertz CT molecular complexity index is 354. The lowest BCUT2D eigenvalue weighted by molar-refractivity contribution is 0.589. The summed E-state index contributed by atoms with van der Waals surface area (Å²) in [7, 11) is 0. The Balaban J connectivity index is 2.72. The van der Waals surface area contributed by atoms with Gasteiger partial charge in [0.1, 0.15) is 0 Å². The third kappa shape index (κ3) is 3.60. The SMILES string of the molecule is CCC(C)C(C#N)Sc1cccc(C)c1. The van der Waals surface area contributed by atoms with E-state index in [0.717, 1.165) is 6.42 Å². The fourth-order valence-corrected chi connectivity index (χ4v) is 2.50. The number of aryl methyl sites for hydroxylation is 1. The molecule has 1 rings (SSSR count). The van der Waals surface area contributed by atoms with Crippen LogP contribution in [0.2, 0.25) is 0 Å². The van der Waals surface area contributed by atoms with Gasteiger partial charge >= 0.3 is 0 Å². The standard InChI is InChI=1S/C13H17NS/c1-4-11(3)13(9-14)15-12-7-5-6-10(2)8-12/h5-8,11,13H,4H2,1-3H3. The van der Waals surface area contributed by atoms with Crippen molar-refractivity contribution in [1.29, 1.82) is 5.26 Å². The second kappa shape index (κ2) is 5.82. The maximum absolute atomic E-state index is 9.09. The molecule has 0 aromatic heterocycles.